The Bertz CT molecular complexity index is 558. The number of rotatable bonds is 35. The smallest absolute Gasteiger partial charge is 0.101 e. The van der Waals surface area contributed by atoms with Crippen molar-refractivity contribution in [2.75, 3.05) is 13.1 Å². The zero-order valence-electron chi connectivity index (χ0n) is 30.4. The van der Waals surface area contributed by atoms with E-state index in [0.717, 1.165) is 0 Å². The number of nitrogens with zero attached hydrogens (tertiary/aromatic N) is 2. The summed E-state index contributed by atoms with van der Waals surface area (Å²) >= 11 is 0. The fourth-order valence-electron chi connectivity index (χ4n) is 7.07. The summed E-state index contributed by atoms with van der Waals surface area (Å²) in [6.45, 7) is 9.48. The predicted molar refractivity (Wildman–Crippen MR) is 196 cm³/mol. The lowest BCUT2D eigenvalue weighted by Gasteiger charge is -2.33. The number of hydrogen-bond donors (Lipinski definition) is 0. The second-order valence-corrected chi connectivity index (χ2v) is 14.3. The Balaban J connectivity index is 2.21. The van der Waals surface area contributed by atoms with E-state index in [2.05, 4.69) is 43.0 Å². The first kappa shape index (κ1) is 40.4. The molecule has 1 unspecified atom stereocenters. The van der Waals surface area contributed by atoms with Crippen LogP contribution in [0, 0.1) is 0 Å². The fourth-order valence-corrected chi connectivity index (χ4v) is 7.07. The molecule has 0 aliphatic carbocycles. The molecule has 0 saturated carbocycles. The van der Waals surface area contributed by atoms with Crippen LogP contribution in [-0.4, -0.2) is 29.1 Å². The average Bonchev–Trinajstić information content (AvgIpc) is 3.40. The molecule has 0 aromatic carbocycles. The second kappa shape index (κ2) is 32.7. The van der Waals surface area contributed by atoms with Crippen molar-refractivity contribution in [1.29, 1.82) is 0 Å². The van der Waals surface area contributed by atoms with Crippen LogP contribution in [0.4, 0.5) is 0 Å². The third-order valence-corrected chi connectivity index (χ3v) is 10.1. The summed E-state index contributed by atoms with van der Waals surface area (Å²) < 4.78 is 0. The summed E-state index contributed by atoms with van der Waals surface area (Å²) in [4.78, 5) is 5.44. The first-order chi connectivity index (χ1) is 21.3. The van der Waals surface area contributed by atoms with Crippen LogP contribution in [0.2, 0.25) is 0 Å². The minimum absolute atomic E-state index is 0.639. The van der Waals surface area contributed by atoms with Gasteiger partial charge in [-0.3, -0.25) is 0 Å². The van der Waals surface area contributed by atoms with Gasteiger partial charge in [0, 0.05) is 25.5 Å². The molecule has 1 aliphatic rings. The molecule has 0 aromatic rings. The normalized spacial score (nSPS) is 14.9. The Morgan fingerprint density at radius 3 is 0.814 bits per heavy atom. The maximum absolute atomic E-state index is 2.72. The van der Waals surface area contributed by atoms with E-state index >= 15 is 0 Å². The minimum atomic E-state index is 0.639. The minimum Gasteiger partial charge on any atom is -0.356 e. The average molecular weight is 603 g/mol. The van der Waals surface area contributed by atoms with Gasteiger partial charge < -0.3 is 9.80 Å². The quantitative estimate of drug-likeness (QED) is 0.0666. The Kier molecular flexibility index (Phi) is 30.7. The Hall–Kier alpha value is -0.660. The zero-order valence-corrected chi connectivity index (χ0v) is 30.4. The van der Waals surface area contributed by atoms with Gasteiger partial charge in [0.15, 0.2) is 0 Å². The van der Waals surface area contributed by atoms with Crippen LogP contribution in [-0.2, 0) is 0 Å². The van der Waals surface area contributed by atoms with Gasteiger partial charge in [0.2, 0.25) is 0 Å². The lowest BCUT2D eigenvalue weighted by atomic mass is 10.0. The van der Waals surface area contributed by atoms with Crippen LogP contribution in [0.5, 0.6) is 0 Å². The standard InChI is InChI=1S/C41H82N2/c1-4-7-10-13-16-19-21-22-23-25-27-30-33-36-41-42(37-34-31-28-18-15-12-9-6-3)39-40-43(41)38-35-32-29-26-24-20-17-14-11-8-5-2/h39-41H,4-38H2,1-3H3. The molecule has 2 nitrogen and oxygen atoms in total. The molecule has 0 saturated heterocycles. The molecular weight excluding hydrogens is 520 g/mol. The van der Waals surface area contributed by atoms with Gasteiger partial charge in [-0.25, -0.2) is 0 Å². The molecule has 2 heteroatoms. The summed E-state index contributed by atoms with van der Waals surface area (Å²) in [5, 5.41) is 0. The van der Waals surface area contributed by atoms with Crippen molar-refractivity contribution < 1.29 is 0 Å². The molecule has 256 valence electrons. The summed E-state index contributed by atoms with van der Waals surface area (Å²) in [7, 11) is 0. The molecule has 43 heavy (non-hydrogen) atoms. The van der Waals surface area contributed by atoms with E-state index in [-0.39, 0.29) is 0 Å². The highest BCUT2D eigenvalue weighted by molar-refractivity contribution is 4.97. The van der Waals surface area contributed by atoms with Crippen LogP contribution < -0.4 is 0 Å². The number of hydrogen-bond acceptors (Lipinski definition) is 2. The zero-order chi connectivity index (χ0) is 30.9. The molecule has 1 aliphatic heterocycles. The second-order valence-electron chi connectivity index (χ2n) is 14.3. The molecule has 0 amide bonds. The van der Waals surface area contributed by atoms with Crippen molar-refractivity contribution in [3.8, 4) is 0 Å². The predicted octanol–water partition coefficient (Wildman–Crippen LogP) is 14.3. The topological polar surface area (TPSA) is 6.48 Å². The van der Waals surface area contributed by atoms with E-state index in [0.29, 0.717) is 6.17 Å². The Morgan fingerprint density at radius 1 is 0.302 bits per heavy atom. The SMILES string of the molecule is CCCCCCCCCCCCCCCC1N(CCCCCCCCCC)C=CN1CCCCCCCCCCCCC. The molecule has 1 rings (SSSR count). The highest BCUT2D eigenvalue weighted by atomic mass is 15.4. The molecule has 0 radical (unpaired) electrons. The Morgan fingerprint density at radius 2 is 0.535 bits per heavy atom. The molecule has 0 fully saturated rings. The highest BCUT2D eigenvalue weighted by Crippen LogP contribution is 2.24. The van der Waals surface area contributed by atoms with Gasteiger partial charge in [-0.05, 0) is 25.7 Å². The van der Waals surface area contributed by atoms with Crippen LogP contribution in [0.15, 0.2) is 12.4 Å². The van der Waals surface area contributed by atoms with E-state index in [1.165, 1.54) is 225 Å². The van der Waals surface area contributed by atoms with Crippen molar-refractivity contribution in [2.45, 2.75) is 239 Å². The van der Waals surface area contributed by atoms with Gasteiger partial charge in [0.1, 0.15) is 6.17 Å². The van der Waals surface area contributed by atoms with Crippen LogP contribution >= 0.6 is 0 Å². The molecule has 1 atom stereocenters. The summed E-state index contributed by atoms with van der Waals surface area (Å²) in [5.74, 6) is 0. The van der Waals surface area contributed by atoms with Gasteiger partial charge in [0.25, 0.3) is 0 Å². The van der Waals surface area contributed by atoms with Crippen LogP contribution in [0.3, 0.4) is 0 Å². The van der Waals surface area contributed by atoms with Gasteiger partial charge in [-0.15, -0.1) is 0 Å². The largest absolute Gasteiger partial charge is 0.356 e. The van der Waals surface area contributed by atoms with Gasteiger partial charge in [0.05, 0.1) is 0 Å². The van der Waals surface area contributed by atoms with Crippen molar-refractivity contribution in [3.05, 3.63) is 12.4 Å². The molecule has 1 heterocycles. The first-order valence-corrected chi connectivity index (χ1v) is 20.5. The monoisotopic (exact) mass is 603 g/mol. The first-order valence-electron chi connectivity index (χ1n) is 20.5. The molecular formula is C41H82N2. The third-order valence-electron chi connectivity index (χ3n) is 10.1. The van der Waals surface area contributed by atoms with E-state index < -0.39 is 0 Å². The lowest BCUT2D eigenvalue weighted by Crippen LogP contribution is -2.39. The molecule has 0 N–H and O–H groups in total. The maximum atomic E-state index is 2.72. The van der Waals surface area contributed by atoms with Crippen LogP contribution in [0.25, 0.3) is 0 Å². The molecule has 0 spiro atoms. The Labute approximate surface area is 273 Å². The van der Waals surface area contributed by atoms with E-state index in [1.807, 2.05) is 0 Å². The van der Waals surface area contributed by atoms with Gasteiger partial charge in [-0.1, -0.05) is 207 Å². The van der Waals surface area contributed by atoms with E-state index in [9.17, 15) is 0 Å². The fraction of sp³-hybridized carbons (Fsp3) is 0.951. The third kappa shape index (κ3) is 25.2. The highest BCUT2D eigenvalue weighted by Gasteiger charge is 2.24. The van der Waals surface area contributed by atoms with Crippen molar-refractivity contribution >= 4 is 0 Å². The van der Waals surface area contributed by atoms with E-state index in [4.69, 9.17) is 0 Å². The van der Waals surface area contributed by atoms with E-state index in [1.54, 1.807) is 0 Å². The molecule has 0 bridgehead atoms. The summed E-state index contributed by atoms with van der Waals surface area (Å²) in [6.07, 6.45) is 52.9. The van der Waals surface area contributed by atoms with Crippen molar-refractivity contribution in [1.82, 2.24) is 9.80 Å². The van der Waals surface area contributed by atoms with Gasteiger partial charge >= 0.3 is 0 Å². The molecule has 0 aromatic heterocycles. The summed E-state index contributed by atoms with van der Waals surface area (Å²) in [6, 6.07) is 0. The van der Waals surface area contributed by atoms with Crippen molar-refractivity contribution in [3.63, 3.8) is 0 Å². The lowest BCUT2D eigenvalue weighted by molar-refractivity contribution is 0.135. The van der Waals surface area contributed by atoms with Crippen LogP contribution in [0.1, 0.15) is 233 Å². The van der Waals surface area contributed by atoms with Gasteiger partial charge in [-0.2, -0.15) is 0 Å². The maximum Gasteiger partial charge on any atom is 0.101 e. The van der Waals surface area contributed by atoms with Crippen molar-refractivity contribution in [2.24, 2.45) is 0 Å². The number of unbranched alkanes of at least 4 members (excludes halogenated alkanes) is 29. The summed E-state index contributed by atoms with van der Waals surface area (Å²) in [5.41, 5.74) is 0.